The SMILES string of the molecule is COc1ccc(NC(=O)CN2CCOC(C(=O)O)C2)cc1. The van der Waals surface area contributed by atoms with Crippen LogP contribution >= 0.6 is 0 Å². The number of methoxy groups -OCH3 is 1. The van der Waals surface area contributed by atoms with E-state index in [9.17, 15) is 9.59 Å². The van der Waals surface area contributed by atoms with Crippen LogP contribution in [0.25, 0.3) is 0 Å². The standard InChI is InChI=1S/C14H18N2O5/c1-20-11-4-2-10(3-5-11)15-13(17)9-16-6-7-21-12(8-16)14(18)19/h2-5,12H,6-9H2,1H3,(H,15,17)(H,18,19). The van der Waals surface area contributed by atoms with Crippen LogP contribution in [0.15, 0.2) is 24.3 Å². The van der Waals surface area contributed by atoms with E-state index in [1.165, 1.54) is 0 Å². The second-order valence-electron chi connectivity index (χ2n) is 4.71. The average molecular weight is 294 g/mol. The molecule has 21 heavy (non-hydrogen) atoms. The smallest absolute Gasteiger partial charge is 0.334 e. The molecule has 1 aromatic carbocycles. The fourth-order valence-electron chi connectivity index (χ4n) is 2.07. The van der Waals surface area contributed by atoms with Crippen molar-refractivity contribution in [2.45, 2.75) is 6.10 Å². The molecular weight excluding hydrogens is 276 g/mol. The summed E-state index contributed by atoms with van der Waals surface area (Å²) < 4.78 is 10.1. The van der Waals surface area contributed by atoms with E-state index in [2.05, 4.69) is 5.32 Å². The van der Waals surface area contributed by atoms with E-state index in [1.54, 1.807) is 36.3 Å². The molecule has 7 nitrogen and oxygen atoms in total. The number of carboxylic acids is 1. The molecule has 0 radical (unpaired) electrons. The van der Waals surface area contributed by atoms with Crippen molar-refractivity contribution in [2.75, 3.05) is 38.7 Å². The Morgan fingerprint density at radius 3 is 2.76 bits per heavy atom. The van der Waals surface area contributed by atoms with Gasteiger partial charge in [0.2, 0.25) is 5.91 Å². The molecule has 1 aliphatic rings. The first-order valence-corrected chi connectivity index (χ1v) is 6.59. The molecule has 0 spiro atoms. The number of hydrogen-bond acceptors (Lipinski definition) is 5. The summed E-state index contributed by atoms with van der Waals surface area (Å²) in [7, 11) is 1.57. The molecule has 114 valence electrons. The number of aliphatic carboxylic acids is 1. The van der Waals surface area contributed by atoms with E-state index in [0.29, 0.717) is 24.6 Å². The quantitative estimate of drug-likeness (QED) is 0.818. The van der Waals surface area contributed by atoms with Gasteiger partial charge in [-0.1, -0.05) is 0 Å². The van der Waals surface area contributed by atoms with Gasteiger partial charge in [0.1, 0.15) is 5.75 Å². The predicted octanol–water partition coefficient (Wildman–Crippen LogP) is 0.419. The zero-order valence-corrected chi connectivity index (χ0v) is 11.7. The Hall–Kier alpha value is -2.12. The lowest BCUT2D eigenvalue weighted by Crippen LogP contribution is -2.48. The van der Waals surface area contributed by atoms with Gasteiger partial charge < -0.3 is 19.9 Å². The molecule has 0 aromatic heterocycles. The van der Waals surface area contributed by atoms with E-state index >= 15 is 0 Å². The zero-order valence-electron chi connectivity index (χ0n) is 11.7. The Balaban J connectivity index is 1.84. The predicted molar refractivity (Wildman–Crippen MR) is 75.4 cm³/mol. The van der Waals surface area contributed by atoms with Gasteiger partial charge in [-0.05, 0) is 24.3 Å². The van der Waals surface area contributed by atoms with E-state index in [1.807, 2.05) is 0 Å². The molecule has 1 aliphatic heterocycles. The first-order chi connectivity index (χ1) is 10.1. The van der Waals surface area contributed by atoms with E-state index < -0.39 is 12.1 Å². The van der Waals surface area contributed by atoms with Crippen molar-refractivity contribution in [2.24, 2.45) is 0 Å². The van der Waals surface area contributed by atoms with Crippen molar-refractivity contribution >= 4 is 17.6 Å². The number of ether oxygens (including phenoxy) is 2. The number of carbonyl (C=O) groups excluding carboxylic acids is 1. The molecule has 2 N–H and O–H groups in total. The van der Waals surface area contributed by atoms with Crippen molar-refractivity contribution in [3.63, 3.8) is 0 Å². The molecular formula is C14H18N2O5. The number of benzene rings is 1. The molecule has 1 amide bonds. The van der Waals surface area contributed by atoms with Crippen LogP contribution in [0.2, 0.25) is 0 Å². The normalized spacial score (nSPS) is 19.0. The Labute approximate surface area is 122 Å². The molecule has 7 heteroatoms. The largest absolute Gasteiger partial charge is 0.497 e. The van der Waals surface area contributed by atoms with Crippen LogP contribution in [0.5, 0.6) is 5.75 Å². The number of hydrogen-bond donors (Lipinski definition) is 2. The minimum absolute atomic E-state index is 0.138. The van der Waals surface area contributed by atoms with Gasteiger partial charge >= 0.3 is 5.97 Å². The second-order valence-corrected chi connectivity index (χ2v) is 4.71. The summed E-state index contributed by atoms with van der Waals surface area (Å²) in [5.74, 6) is -0.480. The fraction of sp³-hybridized carbons (Fsp3) is 0.429. The summed E-state index contributed by atoms with van der Waals surface area (Å²) >= 11 is 0. The van der Waals surface area contributed by atoms with E-state index in [4.69, 9.17) is 14.6 Å². The minimum Gasteiger partial charge on any atom is -0.497 e. The van der Waals surface area contributed by atoms with Crippen LogP contribution < -0.4 is 10.1 Å². The summed E-state index contributed by atoms with van der Waals surface area (Å²) in [5, 5.41) is 11.7. The van der Waals surface area contributed by atoms with Gasteiger partial charge in [-0.25, -0.2) is 4.79 Å². The van der Waals surface area contributed by atoms with Gasteiger partial charge in [0, 0.05) is 18.8 Å². The molecule has 1 aromatic rings. The Bertz CT molecular complexity index is 503. The van der Waals surface area contributed by atoms with Crippen molar-refractivity contribution in [1.82, 2.24) is 4.90 Å². The summed E-state index contributed by atoms with van der Waals surface area (Å²) in [6, 6.07) is 7.00. The third kappa shape index (κ3) is 4.44. The molecule has 0 aliphatic carbocycles. The van der Waals surface area contributed by atoms with Gasteiger partial charge in [-0.15, -0.1) is 0 Å². The highest BCUT2D eigenvalue weighted by molar-refractivity contribution is 5.92. The number of carboxylic acid groups (broad SMARTS) is 1. The topological polar surface area (TPSA) is 88.1 Å². The van der Waals surface area contributed by atoms with Crippen molar-refractivity contribution < 1.29 is 24.2 Å². The molecule has 1 fully saturated rings. The maximum absolute atomic E-state index is 11.9. The highest BCUT2D eigenvalue weighted by atomic mass is 16.5. The highest BCUT2D eigenvalue weighted by Gasteiger charge is 2.27. The van der Waals surface area contributed by atoms with Crippen molar-refractivity contribution in [3.05, 3.63) is 24.3 Å². The van der Waals surface area contributed by atoms with Crippen LogP contribution in [-0.2, 0) is 14.3 Å². The van der Waals surface area contributed by atoms with Gasteiger partial charge in [0.15, 0.2) is 6.10 Å². The third-order valence-electron chi connectivity index (χ3n) is 3.17. The summed E-state index contributed by atoms with van der Waals surface area (Å²) in [4.78, 5) is 24.6. The zero-order chi connectivity index (χ0) is 15.2. The Morgan fingerprint density at radius 2 is 2.14 bits per heavy atom. The minimum atomic E-state index is -1.00. The molecule has 0 saturated carbocycles. The van der Waals surface area contributed by atoms with Crippen molar-refractivity contribution in [1.29, 1.82) is 0 Å². The lowest BCUT2D eigenvalue weighted by Gasteiger charge is -2.30. The Morgan fingerprint density at radius 1 is 1.43 bits per heavy atom. The molecule has 1 unspecified atom stereocenters. The fourth-order valence-corrected chi connectivity index (χ4v) is 2.07. The van der Waals surface area contributed by atoms with Crippen LogP contribution in [0.3, 0.4) is 0 Å². The number of morpholine rings is 1. The van der Waals surface area contributed by atoms with E-state index in [0.717, 1.165) is 0 Å². The second kappa shape index (κ2) is 7.05. The number of amides is 1. The lowest BCUT2D eigenvalue weighted by molar-refractivity contribution is -0.156. The van der Waals surface area contributed by atoms with E-state index in [-0.39, 0.29) is 19.0 Å². The number of nitrogens with one attached hydrogen (secondary N) is 1. The molecule has 1 heterocycles. The molecule has 2 rings (SSSR count). The molecule has 0 bridgehead atoms. The maximum Gasteiger partial charge on any atom is 0.334 e. The maximum atomic E-state index is 11.9. The first kappa shape index (κ1) is 15.3. The summed E-state index contributed by atoms with van der Waals surface area (Å²) in [5.41, 5.74) is 0.670. The number of anilines is 1. The monoisotopic (exact) mass is 294 g/mol. The van der Waals surface area contributed by atoms with Crippen LogP contribution in [0.1, 0.15) is 0 Å². The van der Waals surface area contributed by atoms with Gasteiger partial charge in [0.05, 0.1) is 20.3 Å². The van der Waals surface area contributed by atoms with Crippen LogP contribution in [0, 0.1) is 0 Å². The highest BCUT2D eigenvalue weighted by Crippen LogP contribution is 2.15. The van der Waals surface area contributed by atoms with Gasteiger partial charge in [0.25, 0.3) is 0 Å². The average Bonchev–Trinajstić information content (AvgIpc) is 2.48. The van der Waals surface area contributed by atoms with Crippen LogP contribution in [-0.4, -0.2) is 61.3 Å². The lowest BCUT2D eigenvalue weighted by atomic mass is 10.2. The van der Waals surface area contributed by atoms with Gasteiger partial charge in [-0.3, -0.25) is 9.69 Å². The van der Waals surface area contributed by atoms with Crippen molar-refractivity contribution in [3.8, 4) is 5.75 Å². The van der Waals surface area contributed by atoms with Gasteiger partial charge in [-0.2, -0.15) is 0 Å². The number of carbonyl (C=O) groups is 2. The Kier molecular flexibility index (Phi) is 5.13. The third-order valence-corrected chi connectivity index (χ3v) is 3.17. The molecule has 1 saturated heterocycles. The summed E-state index contributed by atoms with van der Waals surface area (Å²) in [6.45, 7) is 1.21. The number of rotatable bonds is 5. The van der Waals surface area contributed by atoms with Crippen LogP contribution in [0.4, 0.5) is 5.69 Å². The first-order valence-electron chi connectivity index (χ1n) is 6.59. The number of nitrogens with zero attached hydrogens (tertiary/aromatic N) is 1. The summed E-state index contributed by atoms with van der Waals surface area (Å²) in [6.07, 6.45) is -0.868. The molecule has 1 atom stereocenters.